The van der Waals surface area contributed by atoms with Gasteiger partial charge in [0.1, 0.15) is 24.8 Å². The van der Waals surface area contributed by atoms with E-state index in [1.165, 1.54) is 12.0 Å². The smallest absolute Gasteiger partial charge is 0.323 e. The van der Waals surface area contributed by atoms with Crippen LogP contribution < -0.4 is 15.0 Å². The number of anilines is 1. The van der Waals surface area contributed by atoms with Gasteiger partial charge in [0.25, 0.3) is 0 Å². The lowest BCUT2D eigenvalue weighted by atomic mass is 9.96. The van der Waals surface area contributed by atoms with Crippen LogP contribution in [0, 0.1) is 0 Å². The Kier molecular flexibility index (Phi) is 7.85. The van der Waals surface area contributed by atoms with Crippen LogP contribution in [0.25, 0.3) is 0 Å². The number of hydrogen-bond donors (Lipinski definition) is 1. The summed E-state index contributed by atoms with van der Waals surface area (Å²) in [6, 6.07) is 21.5. The highest BCUT2D eigenvalue weighted by molar-refractivity contribution is 6.11. The average Bonchev–Trinajstić information content (AvgIpc) is 2.92. The standard InChI is InChI=1S/C27H26N4O4/c1-34-23-11-7-10-22(14-23)25(27(33)35-18-20-8-3-2-4-9-20)26(32)31(24-12-5-6-13-30-24)17-21-15-28-19-29-16-21/h2-16,25,28H,17-19H2,1H3. The third-order valence-electron chi connectivity index (χ3n) is 5.39. The number of carbonyl (C=O) groups excluding carboxylic acids is 2. The van der Waals surface area contributed by atoms with Crippen LogP contribution in [0.3, 0.4) is 0 Å². The van der Waals surface area contributed by atoms with Crippen LogP contribution in [0.5, 0.6) is 5.75 Å². The van der Waals surface area contributed by atoms with Crippen molar-refractivity contribution in [2.24, 2.45) is 4.99 Å². The Morgan fingerprint density at radius 2 is 1.89 bits per heavy atom. The highest BCUT2D eigenvalue weighted by Crippen LogP contribution is 2.27. The number of hydrogen-bond acceptors (Lipinski definition) is 7. The van der Waals surface area contributed by atoms with Crippen LogP contribution in [-0.4, -0.2) is 43.4 Å². The molecule has 8 nitrogen and oxygen atoms in total. The van der Waals surface area contributed by atoms with Crippen molar-refractivity contribution in [3.63, 3.8) is 0 Å². The molecule has 1 unspecified atom stereocenters. The molecule has 0 radical (unpaired) electrons. The summed E-state index contributed by atoms with van der Waals surface area (Å²) >= 11 is 0. The first-order chi connectivity index (χ1) is 17.2. The van der Waals surface area contributed by atoms with Gasteiger partial charge in [0.15, 0.2) is 5.92 Å². The number of nitrogens with one attached hydrogen (secondary N) is 1. The van der Waals surface area contributed by atoms with E-state index in [2.05, 4.69) is 15.3 Å². The second-order valence-corrected chi connectivity index (χ2v) is 7.81. The molecule has 1 N–H and O–H groups in total. The summed E-state index contributed by atoms with van der Waals surface area (Å²) in [5.41, 5.74) is 2.07. The Morgan fingerprint density at radius 1 is 1.06 bits per heavy atom. The number of benzene rings is 2. The minimum absolute atomic E-state index is 0.0543. The fraction of sp³-hybridized carbons (Fsp3) is 0.185. The zero-order valence-electron chi connectivity index (χ0n) is 19.3. The molecule has 2 aromatic carbocycles. The third-order valence-corrected chi connectivity index (χ3v) is 5.39. The molecule has 8 heteroatoms. The molecule has 3 aromatic rings. The zero-order valence-corrected chi connectivity index (χ0v) is 19.3. The SMILES string of the molecule is COc1cccc(C(C(=O)OCc2ccccc2)C(=O)N(CC2=CNCN=C2)c2ccccn2)c1. The summed E-state index contributed by atoms with van der Waals surface area (Å²) in [4.78, 5) is 37.5. The summed E-state index contributed by atoms with van der Waals surface area (Å²) in [6.07, 6.45) is 5.10. The second kappa shape index (κ2) is 11.6. The normalized spacial score (nSPS) is 13.2. The number of pyridine rings is 1. The van der Waals surface area contributed by atoms with Crippen LogP contribution in [0.2, 0.25) is 0 Å². The lowest BCUT2D eigenvalue weighted by Crippen LogP contribution is -2.41. The first kappa shape index (κ1) is 23.7. The molecule has 0 saturated carbocycles. The number of nitrogens with zero attached hydrogens (tertiary/aromatic N) is 3. The minimum Gasteiger partial charge on any atom is -0.497 e. The monoisotopic (exact) mass is 470 g/mol. The Hall–Kier alpha value is -4.46. The van der Waals surface area contributed by atoms with E-state index in [-0.39, 0.29) is 13.2 Å². The molecule has 35 heavy (non-hydrogen) atoms. The molecular formula is C27H26N4O4. The van der Waals surface area contributed by atoms with Gasteiger partial charge in [0.2, 0.25) is 5.91 Å². The van der Waals surface area contributed by atoms with E-state index in [9.17, 15) is 9.59 Å². The number of ether oxygens (including phenoxy) is 2. The van der Waals surface area contributed by atoms with Gasteiger partial charge in [-0.2, -0.15) is 0 Å². The Morgan fingerprint density at radius 3 is 2.60 bits per heavy atom. The fourth-order valence-electron chi connectivity index (χ4n) is 3.65. The van der Waals surface area contributed by atoms with Gasteiger partial charge >= 0.3 is 5.97 Å². The van der Waals surface area contributed by atoms with Gasteiger partial charge in [0, 0.05) is 24.2 Å². The molecule has 2 heterocycles. The van der Waals surface area contributed by atoms with Crippen molar-refractivity contribution in [3.8, 4) is 5.75 Å². The van der Waals surface area contributed by atoms with Crippen molar-refractivity contribution in [2.45, 2.75) is 12.5 Å². The van der Waals surface area contributed by atoms with Crippen molar-refractivity contribution in [1.82, 2.24) is 10.3 Å². The highest BCUT2D eigenvalue weighted by atomic mass is 16.5. The van der Waals surface area contributed by atoms with Crippen molar-refractivity contribution < 1.29 is 19.1 Å². The Labute approximate surface area is 203 Å². The van der Waals surface area contributed by atoms with Gasteiger partial charge in [-0.15, -0.1) is 0 Å². The summed E-state index contributed by atoms with van der Waals surface area (Å²) in [7, 11) is 1.53. The van der Waals surface area contributed by atoms with Gasteiger partial charge in [-0.3, -0.25) is 19.5 Å². The van der Waals surface area contributed by atoms with Crippen LogP contribution in [0.15, 0.2) is 95.8 Å². The molecule has 1 aliphatic heterocycles. The maximum atomic E-state index is 14.0. The largest absolute Gasteiger partial charge is 0.497 e. The van der Waals surface area contributed by atoms with Crippen LogP contribution >= 0.6 is 0 Å². The molecule has 0 spiro atoms. The molecule has 4 rings (SSSR count). The molecule has 0 saturated heterocycles. The van der Waals surface area contributed by atoms with Gasteiger partial charge in [0.05, 0.1) is 13.7 Å². The molecule has 1 atom stereocenters. The highest BCUT2D eigenvalue weighted by Gasteiger charge is 2.35. The number of methoxy groups -OCH3 is 1. The molecule has 1 amide bonds. The predicted molar refractivity (Wildman–Crippen MR) is 133 cm³/mol. The topological polar surface area (TPSA) is 93.1 Å². The Bertz CT molecular complexity index is 1210. The van der Waals surface area contributed by atoms with E-state index >= 15 is 0 Å². The molecule has 0 aliphatic carbocycles. The molecule has 0 bridgehead atoms. The zero-order chi connectivity index (χ0) is 24.5. The van der Waals surface area contributed by atoms with E-state index in [0.717, 1.165) is 11.1 Å². The van der Waals surface area contributed by atoms with E-state index in [1.54, 1.807) is 61.1 Å². The third kappa shape index (κ3) is 6.11. The number of aromatic nitrogens is 1. The van der Waals surface area contributed by atoms with Gasteiger partial charge in [-0.25, -0.2) is 4.98 Å². The molecule has 1 aromatic heterocycles. The van der Waals surface area contributed by atoms with Crippen LogP contribution in [-0.2, 0) is 20.9 Å². The number of rotatable bonds is 9. The molecular weight excluding hydrogens is 444 g/mol. The van der Waals surface area contributed by atoms with Crippen molar-refractivity contribution in [2.75, 3.05) is 25.2 Å². The summed E-state index contributed by atoms with van der Waals surface area (Å²) in [5, 5.41) is 3.04. The van der Waals surface area contributed by atoms with Crippen molar-refractivity contribution in [1.29, 1.82) is 0 Å². The second-order valence-electron chi connectivity index (χ2n) is 7.81. The molecule has 178 valence electrons. The lowest BCUT2D eigenvalue weighted by molar-refractivity contribution is -0.149. The van der Waals surface area contributed by atoms with Crippen molar-refractivity contribution >= 4 is 23.9 Å². The van der Waals surface area contributed by atoms with Gasteiger partial charge < -0.3 is 14.8 Å². The first-order valence-corrected chi connectivity index (χ1v) is 11.1. The Balaban J connectivity index is 1.68. The molecule has 0 fully saturated rings. The average molecular weight is 471 g/mol. The number of amides is 1. The van der Waals surface area contributed by atoms with Crippen molar-refractivity contribution in [3.05, 3.63) is 102 Å². The van der Waals surface area contributed by atoms with Crippen LogP contribution in [0.1, 0.15) is 17.0 Å². The summed E-state index contributed by atoms with van der Waals surface area (Å²) < 4.78 is 11.0. The summed E-state index contributed by atoms with van der Waals surface area (Å²) in [6.45, 7) is 0.705. The quantitative estimate of drug-likeness (QED) is 0.380. The van der Waals surface area contributed by atoms with Crippen LogP contribution in [0.4, 0.5) is 5.82 Å². The first-order valence-electron chi connectivity index (χ1n) is 11.1. The van der Waals surface area contributed by atoms with Gasteiger partial charge in [-0.1, -0.05) is 48.5 Å². The summed E-state index contributed by atoms with van der Waals surface area (Å²) in [5.74, 6) is -1.38. The van der Waals surface area contributed by atoms with E-state index < -0.39 is 17.8 Å². The van der Waals surface area contributed by atoms with E-state index in [0.29, 0.717) is 23.8 Å². The maximum Gasteiger partial charge on any atom is 0.323 e. The lowest BCUT2D eigenvalue weighted by Gasteiger charge is -2.27. The number of esters is 1. The molecule has 1 aliphatic rings. The minimum atomic E-state index is -1.22. The van der Waals surface area contributed by atoms with E-state index in [4.69, 9.17) is 9.47 Å². The number of carbonyl (C=O) groups is 2. The maximum absolute atomic E-state index is 14.0. The predicted octanol–water partition coefficient (Wildman–Crippen LogP) is 3.47. The number of aliphatic imine (C=N–C) groups is 1. The van der Waals surface area contributed by atoms with Gasteiger partial charge in [-0.05, 0) is 35.4 Å². The van der Waals surface area contributed by atoms with E-state index in [1.807, 2.05) is 30.3 Å². The fourth-order valence-corrected chi connectivity index (χ4v) is 3.65.